The molecule has 120 valence electrons. The van der Waals surface area contributed by atoms with Crippen LogP contribution in [0.1, 0.15) is 19.4 Å². The number of fused-ring (bicyclic) bond motifs is 1. The maximum Gasteiger partial charge on any atom is 0.234 e. The molecule has 0 unspecified atom stereocenters. The zero-order valence-electron chi connectivity index (χ0n) is 12.9. The van der Waals surface area contributed by atoms with Crippen molar-refractivity contribution in [3.05, 3.63) is 35.1 Å². The van der Waals surface area contributed by atoms with Crippen LogP contribution in [0.15, 0.2) is 24.5 Å². The van der Waals surface area contributed by atoms with Gasteiger partial charge in [-0.1, -0.05) is 35.1 Å². The molecule has 1 aromatic carbocycles. The highest BCUT2D eigenvalue weighted by molar-refractivity contribution is 7.19. The number of carbonyl (C=O) groups excluding carboxylic acids is 1. The van der Waals surface area contributed by atoms with Crippen molar-refractivity contribution in [2.45, 2.75) is 20.3 Å². The molecule has 0 fully saturated rings. The van der Waals surface area contributed by atoms with E-state index in [0.717, 1.165) is 21.1 Å². The van der Waals surface area contributed by atoms with Crippen LogP contribution in [0.5, 0.6) is 0 Å². The first kappa shape index (κ1) is 15.9. The second kappa shape index (κ2) is 6.64. The molecule has 0 aliphatic carbocycles. The highest BCUT2D eigenvalue weighted by Gasteiger charge is 2.14. The minimum absolute atomic E-state index is 0.0865. The van der Waals surface area contributed by atoms with Gasteiger partial charge >= 0.3 is 0 Å². The third-order valence-electron chi connectivity index (χ3n) is 3.64. The molecule has 0 radical (unpaired) electrons. The molecule has 2 aromatic heterocycles. The molecule has 0 aliphatic heterocycles. The molecule has 1 amide bonds. The molecule has 0 N–H and O–H groups in total. The summed E-state index contributed by atoms with van der Waals surface area (Å²) in [6.45, 7) is 5.36. The van der Waals surface area contributed by atoms with Crippen molar-refractivity contribution in [2.24, 2.45) is 0 Å². The summed E-state index contributed by atoms with van der Waals surface area (Å²) in [5.41, 5.74) is 1.74. The predicted molar refractivity (Wildman–Crippen MR) is 90.7 cm³/mol. The van der Waals surface area contributed by atoms with E-state index in [4.69, 9.17) is 11.6 Å². The van der Waals surface area contributed by atoms with Gasteiger partial charge < -0.3 is 4.90 Å². The van der Waals surface area contributed by atoms with Gasteiger partial charge in [0.1, 0.15) is 11.3 Å². The quantitative estimate of drug-likeness (QED) is 0.710. The summed E-state index contributed by atoms with van der Waals surface area (Å²) < 4.78 is 1.63. The highest BCUT2D eigenvalue weighted by atomic mass is 35.5. The van der Waals surface area contributed by atoms with Gasteiger partial charge in [-0.3, -0.25) is 4.79 Å². The third-order valence-corrected chi connectivity index (χ3v) is 4.96. The number of halogens is 1. The Bertz CT molecular complexity index is 811. The lowest BCUT2D eigenvalue weighted by Gasteiger charge is -2.19. The number of nitrogens with zero attached hydrogens (tertiary/aromatic N) is 5. The molecule has 0 aliphatic rings. The van der Waals surface area contributed by atoms with Crippen LogP contribution in [0, 0.1) is 0 Å². The lowest BCUT2D eigenvalue weighted by molar-refractivity contribution is -0.130. The summed E-state index contributed by atoms with van der Waals surface area (Å²) in [6.07, 6.45) is 1.87. The molecule has 8 heteroatoms. The molecule has 3 rings (SSSR count). The summed E-state index contributed by atoms with van der Waals surface area (Å²) in [5, 5.41) is 13.6. The third kappa shape index (κ3) is 3.20. The smallest absolute Gasteiger partial charge is 0.234 e. The maximum atomic E-state index is 12.2. The first-order chi connectivity index (χ1) is 11.1. The van der Waals surface area contributed by atoms with Gasteiger partial charge in [0.05, 0.1) is 6.42 Å². The van der Waals surface area contributed by atoms with Gasteiger partial charge in [0.2, 0.25) is 10.9 Å². The van der Waals surface area contributed by atoms with E-state index in [1.807, 2.05) is 32.0 Å². The van der Waals surface area contributed by atoms with E-state index in [9.17, 15) is 4.79 Å². The number of likely N-dealkylation sites (N-methyl/N-ethyl adjacent to an activating group) is 1. The highest BCUT2D eigenvalue weighted by Crippen LogP contribution is 2.29. The first-order valence-corrected chi connectivity index (χ1v) is 8.55. The van der Waals surface area contributed by atoms with Crippen molar-refractivity contribution in [1.29, 1.82) is 0 Å². The fourth-order valence-corrected chi connectivity index (χ4v) is 3.41. The van der Waals surface area contributed by atoms with Gasteiger partial charge in [0.25, 0.3) is 0 Å². The van der Waals surface area contributed by atoms with E-state index >= 15 is 0 Å². The van der Waals surface area contributed by atoms with Crippen molar-refractivity contribution in [2.75, 3.05) is 13.1 Å². The van der Waals surface area contributed by atoms with Crippen LogP contribution in [0.2, 0.25) is 5.02 Å². The average Bonchev–Trinajstić information content (AvgIpc) is 3.12. The fraction of sp³-hybridized carbons (Fsp3) is 0.333. The predicted octanol–water partition coefficient (Wildman–Crippen LogP) is 2.92. The topological polar surface area (TPSA) is 63.4 Å². The van der Waals surface area contributed by atoms with E-state index in [-0.39, 0.29) is 5.91 Å². The van der Waals surface area contributed by atoms with Gasteiger partial charge in [-0.2, -0.15) is 9.61 Å². The summed E-state index contributed by atoms with van der Waals surface area (Å²) in [7, 11) is 0. The zero-order valence-corrected chi connectivity index (χ0v) is 14.4. The van der Waals surface area contributed by atoms with Gasteiger partial charge in [0.15, 0.2) is 0 Å². The van der Waals surface area contributed by atoms with Crippen LogP contribution in [0.4, 0.5) is 0 Å². The van der Waals surface area contributed by atoms with Crippen molar-refractivity contribution in [3.8, 4) is 10.6 Å². The van der Waals surface area contributed by atoms with Gasteiger partial charge in [-0.15, -0.1) is 10.2 Å². The Balaban J connectivity index is 1.83. The van der Waals surface area contributed by atoms with Crippen LogP contribution in [-0.2, 0) is 11.2 Å². The van der Waals surface area contributed by atoms with E-state index in [0.29, 0.717) is 24.5 Å². The fourth-order valence-electron chi connectivity index (χ4n) is 2.35. The Morgan fingerprint density at radius 1 is 1.35 bits per heavy atom. The molecule has 0 bridgehead atoms. The van der Waals surface area contributed by atoms with E-state index < -0.39 is 0 Å². The number of aromatic nitrogens is 4. The van der Waals surface area contributed by atoms with Crippen LogP contribution < -0.4 is 0 Å². The second-order valence-electron chi connectivity index (χ2n) is 5.01. The lowest BCUT2D eigenvalue weighted by Crippen LogP contribution is -2.31. The van der Waals surface area contributed by atoms with E-state index in [1.54, 1.807) is 15.7 Å². The van der Waals surface area contributed by atoms with Crippen molar-refractivity contribution in [3.63, 3.8) is 0 Å². The molecule has 3 aromatic rings. The van der Waals surface area contributed by atoms with Crippen LogP contribution in [0.25, 0.3) is 15.5 Å². The largest absolute Gasteiger partial charge is 0.343 e. The molecular formula is C15H16ClN5OS. The Morgan fingerprint density at radius 2 is 2.13 bits per heavy atom. The van der Waals surface area contributed by atoms with Gasteiger partial charge in [-0.25, -0.2) is 0 Å². The first-order valence-electron chi connectivity index (χ1n) is 7.35. The van der Waals surface area contributed by atoms with Crippen LogP contribution >= 0.6 is 22.9 Å². The number of hydrogen-bond donors (Lipinski definition) is 0. The molecule has 2 heterocycles. The molecular weight excluding hydrogens is 334 g/mol. The minimum atomic E-state index is 0.0865. The second-order valence-corrected chi connectivity index (χ2v) is 6.38. The number of rotatable bonds is 5. The zero-order chi connectivity index (χ0) is 16.4. The summed E-state index contributed by atoms with van der Waals surface area (Å²) in [6, 6.07) is 5.67. The van der Waals surface area contributed by atoms with Crippen molar-refractivity contribution in [1.82, 2.24) is 24.7 Å². The van der Waals surface area contributed by atoms with E-state index in [1.165, 1.54) is 11.3 Å². The summed E-state index contributed by atoms with van der Waals surface area (Å²) in [4.78, 5) is 14.7. The Labute approximate surface area is 142 Å². The molecule has 0 atom stereocenters. The van der Waals surface area contributed by atoms with Gasteiger partial charge in [-0.05, 0) is 25.5 Å². The monoisotopic (exact) mass is 349 g/mol. The number of benzene rings is 1. The lowest BCUT2D eigenvalue weighted by atomic mass is 10.1. The SMILES string of the molecule is CCN(CC)C(=O)Cc1ccc(-c2nn3cnnc3s2)cc1Cl. The Morgan fingerprint density at radius 3 is 2.78 bits per heavy atom. The number of carbonyl (C=O) groups is 1. The van der Waals surface area contributed by atoms with Crippen molar-refractivity contribution >= 4 is 33.8 Å². The standard InChI is InChI=1S/C15H16ClN5OS/c1-3-20(4-2)13(22)8-10-5-6-11(7-12(10)16)14-19-21-9-17-18-15(21)23-14/h5-7,9H,3-4,8H2,1-2H3. The molecule has 0 spiro atoms. The minimum Gasteiger partial charge on any atom is -0.343 e. The normalized spacial score (nSPS) is 11.1. The number of hydrogen-bond acceptors (Lipinski definition) is 5. The van der Waals surface area contributed by atoms with Crippen molar-refractivity contribution < 1.29 is 4.79 Å². The van der Waals surface area contributed by atoms with Crippen LogP contribution in [0.3, 0.4) is 0 Å². The van der Waals surface area contributed by atoms with E-state index in [2.05, 4.69) is 15.3 Å². The average molecular weight is 350 g/mol. The summed E-state index contributed by atoms with van der Waals surface area (Å²) in [5.74, 6) is 0.0865. The molecule has 6 nitrogen and oxygen atoms in total. The maximum absolute atomic E-state index is 12.2. The Hall–Kier alpha value is -1.99. The molecule has 23 heavy (non-hydrogen) atoms. The summed E-state index contributed by atoms with van der Waals surface area (Å²) >= 11 is 7.80. The van der Waals surface area contributed by atoms with Gasteiger partial charge in [0, 0.05) is 23.7 Å². The van der Waals surface area contributed by atoms with Crippen LogP contribution in [-0.4, -0.2) is 43.7 Å². The number of amides is 1. The molecule has 0 saturated heterocycles. The Kier molecular flexibility index (Phi) is 4.58. The molecule has 0 saturated carbocycles.